The Morgan fingerprint density at radius 2 is 1.87 bits per heavy atom. The molecule has 0 radical (unpaired) electrons. The first-order valence-corrected chi connectivity index (χ1v) is 10.0. The SMILES string of the molecule is CCN(CC)c1ccc2c3c(c(=O)oc2c1)[C@@H](c1ccc(Cl)cc1)C(C#N)=C(N)O3. The van der Waals surface area contributed by atoms with Crippen LogP contribution in [-0.4, -0.2) is 13.1 Å². The van der Waals surface area contributed by atoms with Gasteiger partial charge in [-0.25, -0.2) is 4.79 Å². The predicted molar refractivity (Wildman–Crippen MR) is 117 cm³/mol. The summed E-state index contributed by atoms with van der Waals surface area (Å²) in [6.07, 6.45) is 0. The first kappa shape index (κ1) is 19.9. The zero-order valence-electron chi connectivity index (χ0n) is 16.6. The fourth-order valence-electron chi connectivity index (χ4n) is 3.88. The monoisotopic (exact) mass is 421 g/mol. The summed E-state index contributed by atoms with van der Waals surface area (Å²) < 4.78 is 11.5. The molecule has 3 aromatic rings. The van der Waals surface area contributed by atoms with Crippen molar-refractivity contribution < 1.29 is 9.15 Å². The lowest BCUT2D eigenvalue weighted by atomic mass is 9.84. The summed E-state index contributed by atoms with van der Waals surface area (Å²) in [5, 5.41) is 10.9. The second-order valence-electron chi connectivity index (χ2n) is 6.96. The molecular formula is C23H20ClN3O3. The molecule has 2 N–H and O–H groups in total. The fourth-order valence-corrected chi connectivity index (χ4v) is 4.01. The molecule has 4 rings (SSSR count). The largest absolute Gasteiger partial charge is 0.439 e. The van der Waals surface area contributed by atoms with E-state index in [1.54, 1.807) is 24.3 Å². The standard InChI is InChI=1S/C23H20ClN3O3/c1-3-27(4-2)15-9-10-16-18(11-15)29-23(28)20-19(13-5-7-14(24)8-6-13)17(12-25)22(26)30-21(16)20/h5-11,19H,3-4,26H2,1-2H3/t19-/m0/s1. The van der Waals surface area contributed by atoms with Gasteiger partial charge in [0.15, 0.2) is 5.75 Å². The van der Waals surface area contributed by atoms with Crippen LogP contribution in [0.3, 0.4) is 0 Å². The zero-order chi connectivity index (χ0) is 21.4. The molecule has 0 fully saturated rings. The summed E-state index contributed by atoms with van der Waals surface area (Å²) in [5.74, 6) is -0.396. The molecule has 0 bridgehead atoms. The molecule has 152 valence electrons. The normalized spacial score (nSPS) is 15.5. The van der Waals surface area contributed by atoms with Crippen LogP contribution in [-0.2, 0) is 0 Å². The molecule has 0 unspecified atom stereocenters. The molecule has 1 atom stereocenters. The van der Waals surface area contributed by atoms with E-state index in [4.69, 9.17) is 26.5 Å². The van der Waals surface area contributed by atoms with Crippen LogP contribution in [0.4, 0.5) is 5.69 Å². The van der Waals surface area contributed by atoms with Gasteiger partial charge in [-0.3, -0.25) is 0 Å². The number of fused-ring (bicyclic) bond motifs is 3. The summed E-state index contributed by atoms with van der Waals surface area (Å²) in [4.78, 5) is 15.2. The van der Waals surface area contributed by atoms with Crippen molar-refractivity contribution in [1.82, 2.24) is 0 Å². The van der Waals surface area contributed by atoms with E-state index in [2.05, 4.69) is 24.8 Å². The lowest BCUT2D eigenvalue weighted by molar-refractivity contribution is 0.388. The Morgan fingerprint density at radius 3 is 2.50 bits per heavy atom. The van der Waals surface area contributed by atoms with Crippen LogP contribution < -0.4 is 21.0 Å². The van der Waals surface area contributed by atoms with E-state index in [1.807, 2.05) is 18.2 Å². The number of halogens is 1. The first-order chi connectivity index (χ1) is 14.5. The van der Waals surface area contributed by atoms with Crippen LogP contribution in [0.5, 0.6) is 5.75 Å². The van der Waals surface area contributed by atoms with Crippen molar-refractivity contribution >= 4 is 28.3 Å². The quantitative estimate of drug-likeness (QED) is 0.623. The molecule has 2 heterocycles. The maximum atomic E-state index is 13.1. The predicted octanol–water partition coefficient (Wildman–Crippen LogP) is 4.51. The van der Waals surface area contributed by atoms with E-state index in [0.717, 1.165) is 18.8 Å². The number of rotatable bonds is 4. The van der Waals surface area contributed by atoms with Crippen molar-refractivity contribution in [1.29, 1.82) is 5.26 Å². The lowest BCUT2D eigenvalue weighted by Gasteiger charge is -2.26. The summed E-state index contributed by atoms with van der Waals surface area (Å²) in [7, 11) is 0. The van der Waals surface area contributed by atoms with Crippen LogP contribution >= 0.6 is 11.6 Å². The molecule has 1 aliphatic rings. The Morgan fingerprint density at radius 1 is 1.17 bits per heavy atom. The van der Waals surface area contributed by atoms with Crippen molar-refractivity contribution in [2.75, 3.05) is 18.0 Å². The van der Waals surface area contributed by atoms with Gasteiger partial charge < -0.3 is 19.8 Å². The van der Waals surface area contributed by atoms with Gasteiger partial charge in [0.1, 0.15) is 17.2 Å². The molecular weight excluding hydrogens is 402 g/mol. The molecule has 0 saturated carbocycles. The average molecular weight is 422 g/mol. The van der Waals surface area contributed by atoms with E-state index >= 15 is 0 Å². The molecule has 1 aromatic heterocycles. The second kappa shape index (κ2) is 7.77. The molecule has 1 aliphatic heterocycles. The van der Waals surface area contributed by atoms with Gasteiger partial charge >= 0.3 is 5.63 Å². The Labute approximate surface area is 178 Å². The number of nitrogens with two attached hydrogens (primary N) is 1. The van der Waals surface area contributed by atoms with Crippen LogP contribution in [0.25, 0.3) is 11.0 Å². The van der Waals surface area contributed by atoms with Crippen molar-refractivity contribution in [3.63, 3.8) is 0 Å². The summed E-state index contributed by atoms with van der Waals surface area (Å²) in [6, 6.07) is 14.7. The Bertz CT molecular complexity index is 1250. The third-order valence-electron chi connectivity index (χ3n) is 5.38. The molecule has 0 spiro atoms. The lowest BCUT2D eigenvalue weighted by Crippen LogP contribution is -2.26. The molecule has 6 nitrogen and oxygen atoms in total. The Kier molecular flexibility index (Phi) is 5.15. The third-order valence-corrected chi connectivity index (χ3v) is 5.64. The van der Waals surface area contributed by atoms with Gasteiger partial charge in [-0.05, 0) is 43.7 Å². The highest BCUT2D eigenvalue weighted by atomic mass is 35.5. The Balaban J connectivity index is 1.97. The topological polar surface area (TPSA) is 92.5 Å². The van der Waals surface area contributed by atoms with Crippen molar-refractivity contribution in [3.05, 3.63) is 80.5 Å². The number of benzene rings is 2. The van der Waals surface area contributed by atoms with Gasteiger partial charge in [-0.1, -0.05) is 23.7 Å². The van der Waals surface area contributed by atoms with Crippen molar-refractivity contribution in [2.24, 2.45) is 5.73 Å². The van der Waals surface area contributed by atoms with Gasteiger partial charge in [0.2, 0.25) is 5.88 Å². The zero-order valence-corrected chi connectivity index (χ0v) is 17.4. The van der Waals surface area contributed by atoms with E-state index < -0.39 is 11.5 Å². The van der Waals surface area contributed by atoms with Crippen LogP contribution in [0.1, 0.15) is 30.9 Å². The molecule has 0 amide bonds. The fraction of sp³-hybridized carbons (Fsp3) is 0.217. The molecule has 7 heteroatoms. The maximum absolute atomic E-state index is 13.1. The summed E-state index contributed by atoms with van der Waals surface area (Å²) in [5.41, 5.74) is 8.01. The molecule has 0 aliphatic carbocycles. The highest BCUT2D eigenvalue weighted by Crippen LogP contribution is 2.44. The first-order valence-electron chi connectivity index (χ1n) is 9.67. The number of allylic oxidation sites excluding steroid dienone is 1. The van der Waals surface area contributed by atoms with Gasteiger partial charge in [-0.2, -0.15) is 5.26 Å². The van der Waals surface area contributed by atoms with Crippen LogP contribution in [0, 0.1) is 11.3 Å². The van der Waals surface area contributed by atoms with Crippen molar-refractivity contribution in [2.45, 2.75) is 19.8 Å². The number of anilines is 1. The minimum absolute atomic E-state index is 0.0235. The summed E-state index contributed by atoms with van der Waals surface area (Å²) in [6.45, 7) is 5.78. The number of hydrogen-bond donors (Lipinski definition) is 1. The second-order valence-corrected chi connectivity index (χ2v) is 7.40. The number of nitriles is 1. The molecule has 2 aromatic carbocycles. The number of nitrogens with zero attached hydrogens (tertiary/aromatic N) is 2. The van der Waals surface area contributed by atoms with Crippen molar-refractivity contribution in [3.8, 4) is 11.8 Å². The van der Waals surface area contributed by atoms with E-state index in [0.29, 0.717) is 27.3 Å². The number of hydrogen-bond acceptors (Lipinski definition) is 6. The van der Waals surface area contributed by atoms with Crippen LogP contribution in [0.15, 0.2) is 63.1 Å². The summed E-state index contributed by atoms with van der Waals surface area (Å²) >= 11 is 6.01. The van der Waals surface area contributed by atoms with E-state index in [1.165, 1.54) is 0 Å². The maximum Gasteiger partial charge on any atom is 0.344 e. The Hall–Kier alpha value is -3.43. The minimum Gasteiger partial charge on any atom is -0.439 e. The van der Waals surface area contributed by atoms with Gasteiger partial charge in [-0.15, -0.1) is 0 Å². The van der Waals surface area contributed by atoms with E-state index in [9.17, 15) is 10.1 Å². The highest BCUT2D eigenvalue weighted by Gasteiger charge is 2.35. The van der Waals surface area contributed by atoms with E-state index in [-0.39, 0.29) is 17.0 Å². The molecule has 30 heavy (non-hydrogen) atoms. The van der Waals surface area contributed by atoms with Gasteiger partial charge in [0.05, 0.1) is 16.9 Å². The minimum atomic E-state index is -0.695. The van der Waals surface area contributed by atoms with Gasteiger partial charge in [0, 0.05) is 29.9 Å². The average Bonchev–Trinajstić information content (AvgIpc) is 2.74. The highest BCUT2D eigenvalue weighted by molar-refractivity contribution is 6.30. The third kappa shape index (κ3) is 3.17. The van der Waals surface area contributed by atoms with Gasteiger partial charge in [0.25, 0.3) is 0 Å². The molecule has 0 saturated heterocycles. The smallest absolute Gasteiger partial charge is 0.344 e. The number of ether oxygens (including phenoxy) is 1. The van der Waals surface area contributed by atoms with Crippen LogP contribution in [0.2, 0.25) is 5.02 Å².